The van der Waals surface area contributed by atoms with Gasteiger partial charge in [0.25, 0.3) is 5.91 Å². The number of nitrogens with zero attached hydrogens (tertiary/aromatic N) is 2. The number of carbonyl (C=O) groups is 1. The van der Waals surface area contributed by atoms with Crippen LogP contribution in [0.4, 0.5) is 0 Å². The molecule has 0 atom stereocenters. The Morgan fingerprint density at radius 2 is 1.55 bits per heavy atom. The second kappa shape index (κ2) is 9.81. The number of hydrogen-bond acceptors (Lipinski definition) is 4. The third kappa shape index (κ3) is 5.63. The van der Waals surface area contributed by atoms with Crippen LogP contribution in [-0.2, 0) is 11.3 Å². The fraction of sp³-hybridized carbons (Fsp3) is 0.167. The molecule has 0 unspecified atom stereocenters. The van der Waals surface area contributed by atoms with Gasteiger partial charge in [-0.05, 0) is 59.3 Å². The Hall–Kier alpha value is -3.23. The summed E-state index contributed by atoms with van der Waals surface area (Å²) in [5, 5.41) is 8.88. The summed E-state index contributed by atoms with van der Waals surface area (Å²) < 4.78 is 5.65. The molecule has 0 saturated carbocycles. The van der Waals surface area contributed by atoms with E-state index in [0.717, 1.165) is 16.7 Å². The van der Waals surface area contributed by atoms with Crippen LogP contribution in [-0.4, -0.2) is 30.7 Å². The first-order chi connectivity index (χ1) is 14.1. The van der Waals surface area contributed by atoms with E-state index < -0.39 is 0 Å². The van der Waals surface area contributed by atoms with Crippen molar-refractivity contribution in [3.8, 4) is 22.9 Å². The average Bonchev–Trinajstić information content (AvgIpc) is 2.78. The lowest BCUT2D eigenvalue weighted by Crippen LogP contribution is -2.30. The van der Waals surface area contributed by atoms with Gasteiger partial charge in [0.1, 0.15) is 5.75 Å². The normalized spacial score (nSPS) is 10.2. The van der Waals surface area contributed by atoms with Crippen molar-refractivity contribution in [2.45, 2.75) is 11.4 Å². The molecule has 4 nitrogen and oxygen atoms in total. The lowest BCUT2D eigenvalue weighted by molar-refractivity contribution is -0.132. The molecule has 29 heavy (non-hydrogen) atoms. The van der Waals surface area contributed by atoms with Crippen LogP contribution in [0.3, 0.4) is 0 Å². The minimum absolute atomic E-state index is 0.00436. The molecule has 1 amide bonds. The van der Waals surface area contributed by atoms with Gasteiger partial charge in [-0.25, -0.2) is 0 Å². The minimum atomic E-state index is -0.0740. The Labute approximate surface area is 175 Å². The second-order valence-corrected chi connectivity index (χ2v) is 7.48. The van der Waals surface area contributed by atoms with Gasteiger partial charge in [0.15, 0.2) is 6.61 Å². The lowest BCUT2D eigenvalue weighted by atomic mass is 10.0. The zero-order valence-corrected chi connectivity index (χ0v) is 17.3. The SMILES string of the molecule is CSc1ccc(CN(C)C(=O)COc2ccc(-c3ccc(C#N)cc3)cc2)cc1. The molecule has 0 radical (unpaired) electrons. The molecular weight excluding hydrogens is 380 g/mol. The number of carbonyl (C=O) groups excluding carboxylic acids is 1. The molecule has 3 aromatic carbocycles. The summed E-state index contributed by atoms with van der Waals surface area (Å²) in [5.74, 6) is 0.573. The van der Waals surface area contributed by atoms with E-state index in [1.807, 2.05) is 54.8 Å². The highest BCUT2D eigenvalue weighted by molar-refractivity contribution is 7.98. The molecular formula is C24H22N2O2S. The third-order valence-corrected chi connectivity index (χ3v) is 5.31. The van der Waals surface area contributed by atoms with Crippen LogP contribution in [0, 0.1) is 11.3 Å². The fourth-order valence-corrected chi connectivity index (χ4v) is 3.24. The van der Waals surface area contributed by atoms with Crippen LogP contribution in [0.1, 0.15) is 11.1 Å². The average molecular weight is 403 g/mol. The topological polar surface area (TPSA) is 53.3 Å². The molecule has 0 aromatic heterocycles. The van der Waals surface area contributed by atoms with Crippen LogP contribution in [0.15, 0.2) is 77.7 Å². The number of amides is 1. The predicted molar refractivity (Wildman–Crippen MR) is 117 cm³/mol. The zero-order chi connectivity index (χ0) is 20.6. The van der Waals surface area contributed by atoms with Gasteiger partial charge in [-0.1, -0.05) is 36.4 Å². The number of rotatable bonds is 7. The Morgan fingerprint density at radius 1 is 0.966 bits per heavy atom. The highest BCUT2D eigenvalue weighted by Crippen LogP contribution is 2.23. The molecule has 0 aliphatic rings. The number of benzene rings is 3. The van der Waals surface area contributed by atoms with Gasteiger partial charge in [-0.15, -0.1) is 11.8 Å². The maximum absolute atomic E-state index is 12.4. The summed E-state index contributed by atoms with van der Waals surface area (Å²) in [6.45, 7) is 0.546. The van der Waals surface area contributed by atoms with Crippen LogP contribution in [0.2, 0.25) is 0 Å². The van der Waals surface area contributed by atoms with Crippen molar-refractivity contribution in [2.75, 3.05) is 19.9 Å². The summed E-state index contributed by atoms with van der Waals surface area (Å²) in [6, 6.07) is 25.3. The molecule has 0 saturated heterocycles. The van der Waals surface area contributed by atoms with Gasteiger partial charge in [0.2, 0.25) is 0 Å². The van der Waals surface area contributed by atoms with Crippen molar-refractivity contribution in [2.24, 2.45) is 0 Å². The zero-order valence-electron chi connectivity index (χ0n) is 16.5. The highest BCUT2D eigenvalue weighted by atomic mass is 32.2. The van der Waals surface area contributed by atoms with Crippen LogP contribution in [0.25, 0.3) is 11.1 Å². The van der Waals surface area contributed by atoms with Gasteiger partial charge >= 0.3 is 0 Å². The minimum Gasteiger partial charge on any atom is -0.484 e. The Bertz CT molecular complexity index is 991. The molecule has 0 spiro atoms. The molecule has 0 N–H and O–H groups in total. The Kier molecular flexibility index (Phi) is 6.94. The maximum atomic E-state index is 12.4. The number of nitriles is 1. The van der Waals surface area contributed by atoms with E-state index in [1.54, 1.807) is 35.8 Å². The van der Waals surface area contributed by atoms with E-state index in [0.29, 0.717) is 17.9 Å². The van der Waals surface area contributed by atoms with E-state index >= 15 is 0 Å². The summed E-state index contributed by atoms with van der Waals surface area (Å²) in [5.41, 5.74) is 3.78. The summed E-state index contributed by atoms with van der Waals surface area (Å²) in [4.78, 5) is 15.2. The van der Waals surface area contributed by atoms with Crippen LogP contribution in [0.5, 0.6) is 5.75 Å². The Morgan fingerprint density at radius 3 is 2.10 bits per heavy atom. The van der Waals surface area contributed by atoms with Crippen molar-refractivity contribution in [3.05, 3.63) is 83.9 Å². The number of hydrogen-bond donors (Lipinski definition) is 0. The van der Waals surface area contributed by atoms with Gasteiger partial charge in [0.05, 0.1) is 11.6 Å². The highest BCUT2D eigenvalue weighted by Gasteiger charge is 2.10. The van der Waals surface area contributed by atoms with E-state index in [-0.39, 0.29) is 12.5 Å². The van der Waals surface area contributed by atoms with Gasteiger partial charge < -0.3 is 9.64 Å². The summed E-state index contributed by atoms with van der Waals surface area (Å²) in [6.07, 6.45) is 2.04. The fourth-order valence-electron chi connectivity index (χ4n) is 2.83. The predicted octanol–water partition coefficient (Wildman–Crippen LogP) is 4.98. The second-order valence-electron chi connectivity index (χ2n) is 6.60. The van der Waals surface area contributed by atoms with Crippen molar-refractivity contribution < 1.29 is 9.53 Å². The first-order valence-corrected chi connectivity index (χ1v) is 10.4. The quantitative estimate of drug-likeness (QED) is 0.523. The smallest absolute Gasteiger partial charge is 0.260 e. The third-order valence-electron chi connectivity index (χ3n) is 4.57. The molecule has 146 valence electrons. The number of thioether (sulfide) groups is 1. The molecule has 0 aliphatic heterocycles. The Balaban J connectivity index is 1.53. The molecule has 0 fully saturated rings. The van der Waals surface area contributed by atoms with Gasteiger partial charge in [-0.3, -0.25) is 4.79 Å². The van der Waals surface area contributed by atoms with Crippen molar-refractivity contribution in [3.63, 3.8) is 0 Å². The van der Waals surface area contributed by atoms with Crippen molar-refractivity contribution >= 4 is 17.7 Å². The first-order valence-electron chi connectivity index (χ1n) is 9.19. The standard InChI is InChI=1S/C24H22N2O2S/c1-26(16-19-5-13-23(29-2)14-6-19)24(27)17-28-22-11-9-21(10-12-22)20-7-3-18(15-25)4-8-20/h3-14H,16-17H2,1-2H3. The van der Waals surface area contributed by atoms with E-state index in [1.165, 1.54) is 4.90 Å². The lowest BCUT2D eigenvalue weighted by Gasteiger charge is -2.18. The summed E-state index contributed by atoms with van der Waals surface area (Å²) >= 11 is 1.70. The van der Waals surface area contributed by atoms with Crippen LogP contribution >= 0.6 is 11.8 Å². The first kappa shape index (κ1) is 20.5. The van der Waals surface area contributed by atoms with Crippen molar-refractivity contribution in [1.82, 2.24) is 4.90 Å². The molecule has 5 heteroatoms. The molecule has 0 aliphatic carbocycles. The maximum Gasteiger partial charge on any atom is 0.260 e. The largest absolute Gasteiger partial charge is 0.484 e. The van der Waals surface area contributed by atoms with E-state index in [4.69, 9.17) is 10.00 Å². The molecule has 3 aromatic rings. The monoisotopic (exact) mass is 402 g/mol. The van der Waals surface area contributed by atoms with Gasteiger partial charge in [-0.2, -0.15) is 5.26 Å². The molecule has 0 heterocycles. The molecule has 3 rings (SSSR count). The van der Waals surface area contributed by atoms with Crippen LogP contribution < -0.4 is 4.74 Å². The van der Waals surface area contributed by atoms with E-state index in [2.05, 4.69) is 18.2 Å². The number of ether oxygens (including phenoxy) is 1. The van der Waals surface area contributed by atoms with E-state index in [9.17, 15) is 4.79 Å². The summed E-state index contributed by atoms with van der Waals surface area (Å²) in [7, 11) is 1.78. The number of likely N-dealkylation sites (N-methyl/N-ethyl adjacent to an activating group) is 1. The van der Waals surface area contributed by atoms with Gasteiger partial charge in [0, 0.05) is 18.5 Å². The van der Waals surface area contributed by atoms with Crippen molar-refractivity contribution in [1.29, 1.82) is 5.26 Å². The molecule has 0 bridgehead atoms.